The Morgan fingerprint density at radius 1 is 1.06 bits per heavy atom. The first kappa shape index (κ1) is 19.5. The van der Waals surface area contributed by atoms with E-state index in [0.29, 0.717) is 23.1 Å². The van der Waals surface area contributed by atoms with Crippen LogP contribution < -0.4 is 20.5 Å². The van der Waals surface area contributed by atoms with Crippen molar-refractivity contribution in [1.29, 1.82) is 0 Å². The first-order chi connectivity index (χ1) is 15.7. The van der Waals surface area contributed by atoms with Crippen molar-refractivity contribution in [3.8, 4) is 17.2 Å². The summed E-state index contributed by atoms with van der Waals surface area (Å²) in [6.07, 6.45) is 7.71. The number of hydrazine groups is 1. The van der Waals surface area contributed by atoms with Gasteiger partial charge in [0.25, 0.3) is 5.56 Å². The van der Waals surface area contributed by atoms with E-state index in [1.165, 1.54) is 19.3 Å². The van der Waals surface area contributed by atoms with Crippen molar-refractivity contribution >= 4 is 17.0 Å². The number of aromatic nitrogens is 3. The Morgan fingerprint density at radius 2 is 1.84 bits per heavy atom. The molecule has 3 heterocycles. The maximum atomic E-state index is 13.3. The van der Waals surface area contributed by atoms with Crippen LogP contribution in [-0.4, -0.2) is 39.7 Å². The number of fused-ring (bicyclic) bond motifs is 2. The molecule has 3 fully saturated rings. The molecule has 3 aliphatic rings. The molecule has 1 aliphatic heterocycles. The van der Waals surface area contributed by atoms with Gasteiger partial charge in [0.15, 0.2) is 5.75 Å². The highest BCUT2D eigenvalue weighted by atomic mass is 16.5. The van der Waals surface area contributed by atoms with Gasteiger partial charge in [-0.1, -0.05) is 12.5 Å². The van der Waals surface area contributed by atoms with Crippen molar-refractivity contribution in [3.63, 3.8) is 0 Å². The normalized spacial score (nSPS) is 22.8. The maximum Gasteiger partial charge on any atom is 0.295 e. The lowest BCUT2D eigenvalue weighted by Crippen LogP contribution is -2.29. The van der Waals surface area contributed by atoms with Gasteiger partial charge >= 0.3 is 0 Å². The summed E-state index contributed by atoms with van der Waals surface area (Å²) in [5.41, 5.74) is 3.88. The fourth-order valence-corrected chi connectivity index (χ4v) is 5.15. The summed E-state index contributed by atoms with van der Waals surface area (Å²) in [5, 5.41) is 3.02. The van der Waals surface area contributed by atoms with E-state index in [2.05, 4.69) is 15.4 Å². The summed E-state index contributed by atoms with van der Waals surface area (Å²) in [5.74, 6) is 3.62. The minimum Gasteiger partial charge on any atom is -0.497 e. The van der Waals surface area contributed by atoms with Crippen LogP contribution in [0.2, 0.25) is 0 Å². The Hall–Kier alpha value is -3.13. The molecule has 0 radical (unpaired) electrons. The number of benzene rings is 1. The molecule has 2 unspecified atom stereocenters. The van der Waals surface area contributed by atoms with E-state index in [-0.39, 0.29) is 17.4 Å². The second-order valence-corrected chi connectivity index (χ2v) is 9.14. The Morgan fingerprint density at radius 3 is 2.59 bits per heavy atom. The van der Waals surface area contributed by atoms with Crippen molar-refractivity contribution in [2.45, 2.75) is 38.1 Å². The maximum absolute atomic E-state index is 13.3. The molecular formula is C24H27N5O3. The predicted octanol–water partition coefficient (Wildman–Crippen LogP) is 3.99. The summed E-state index contributed by atoms with van der Waals surface area (Å²) in [7, 11) is 1.60. The van der Waals surface area contributed by atoms with E-state index in [4.69, 9.17) is 14.5 Å². The molecule has 1 N–H and O–H groups in total. The molecular weight excluding hydrogens is 406 g/mol. The molecule has 166 valence electrons. The highest BCUT2D eigenvalue weighted by Gasteiger charge is 2.36. The molecule has 0 bridgehead atoms. The van der Waals surface area contributed by atoms with Gasteiger partial charge in [-0.15, -0.1) is 0 Å². The first-order valence-corrected chi connectivity index (χ1v) is 11.4. The van der Waals surface area contributed by atoms with Gasteiger partial charge in [-0.3, -0.25) is 14.8 Å². The van der Waals surface area contributed by atoms with Crippen LogP contribution in [0.1, 0.15) is 38.1 Å². The van der Waals surface area contributed by atoms with E-state index in [1.54, 1.807) is 30.0 Å². The molecule has 1 saturated heterocycles. The van der Waals surface area contributed by atoms with Gasteiger partial charge in [0.1, 0.15) is 17.1 Å². The monoisotopic (exact) mass is 433 g/mol. The smallest absolute Gasteiger partial charge is 0.295 e. The van der Waals surface area contributed by atoms with Crippen LogP contribution in [0.5, 0.6) is 17.2 Å². The Labute approximate surface area is 186 Å². The number of rotatable bonds is 6. The Bertz CT molecular complexity index is 1210. The highest BCUT2D eigenvalue weighted by Crippen LogP contribution is 2.38. The molecule has 2 saturated carbocycles. The fourth-order valence-electron chi connectivity index (χ4n) is 5.15. The van der Waals surface area contributed by atoms with Crippen molar-refractivity contribution in [1.82, 2.24) is 19.5 Å². The number of nitrogens with one attached hydrogen (secondary N) is 1. The van der Waals surface area contributed by atoms with Crippen molar-refractivity contribution < 1.29 is 9.47 Å². The molecule has 1 aromatic carbocycles. The zero-order chi connectivity index (χ0) is 21.7. The molecule has 6 rings (SSSR count). The number of methoxy groups -OCH3 is 1. The van der Waals surface area contributed by atoms with Crippen molar-refractivity contribution in [2.75, 3.05) is 25.6 Å². The molecule has 8 nitrogen and oxygen atoms in total. The lowest BCUT2D eigenvalue weighted by atomic mass is 10.0. The van der Waals surface area contributed by atoms with E-state index in [1.807, 2.05) is 18.2 Å². The molecule has 8 heteroatoms. The van der Waals surface area contributed by atoms with E-state index in [9.17, 15) is 4.79 Å². The molecule has 0 spiro atoms. The number of hydrogen-bond donors (Lipinski definition) is 1. The standard InChI is InChI=1S/C24H27N5O3/c1-31-19-6-3-7-20(11-19)32-21-10-17-12-25-24(26-22(17)29(23(21)30)18-8-9-18)27-28-13-15-4-2-5-16(15)14-28/h3,6-7,10-12,15-16,18H,2,4-5,8-9,13-14H2,1H3,(H,25,26,27). The van der Waals surface area contributed by atoms with Crippen molar-refractivity contribution in [2.24, 2.45) is 11.8 Å². The third kappa shape index (κ3) is 3.58. The molecule has 2 aromatic heterocycles. The second kappa shape index (κ2) is 7.78. The summed E-state index contributed by atoms with van der Waals surface area (Å²) >= 11 is 0. The fraction of sp³-hybridized carbons (Fsp3) is 0.458. The molecule has 32 heavy (non-hydrogen) atoms. The molecule has 2 aliphatic carbocycles. The summed E-state index contributed by atoms with van der Waals surface area (Å²) in [4.78, 5) is 22.6. The topological polar surface area (TPSA) is 81.5 Å². The summed E-state index contributed by atoms with van der Waals surface area (Å²) in [6.45, 7) is 2.07. The third-order valence-corrected chi connectivity index (χ3v) is 6.91. The van der Waals surface area contributed by atoms with Crippen LogP contribution in [0.3, 0.4) is 0 Å². The lowest BCUT2D eigenvalue weighted by Gasteiger charge is -2.19. The zero-order valence-electron chi connectivity index (χ0n) is 18.2. The van der Waals surface area contributed by atoms with Crippen molar-refractivity contribution in [3.05, 3.63) is 46.9 Å². The molecule has 2 atom stereocenters. The highest BCUT2D eigenvalue weighted by molar-refractivity contribution is 5.77. The van der Waals surface area contributed by atoms with Crippen LogP contribution in [0.4, 0.5) is 5.95 Å². The number of ether oxygens (including phenoxy) is 2. The summed E-state index contributed by atoms with van der Waals surface area (Å²) < 4.78 is 13.0. The van der Waals surface area contributed by atoms with Crippen LogP contribution in [0, 0.1) is 11.8 Å². The van der Waals surface area contributed by atoms with E-state index >= 15 is 0 Å². The van der Waals surface area contributed by atoms with Crippen LogP contribution in [-0.2, 0) is 0 Å². The van der Waals surface area contributed by atoms with Gasteiger partial charge in [0.2, 0.25) is 5.95 Å². The van der Waals surface area contributed by atoms with E-state index < -0.39 is 0 Å². The predicted molar refractivity (Wildman–Crippen MR) is 121 cm³/mol. The van der Waals surface area contributed by atoms with Gasteiger partial charge < -0.3 is 9.47 Å². The number of anilines is 1. The van der Waals surface area contributed by atoms with Gasteiger partial charge in [0, 0.05) is 36.8 Å². The first-order valence-electron chi connectivity index (χ1n) is 11.4. The van der Waals surface area contributed by atoms with E-state index in [0.717, 1.165) is 43.2 Å². The average molecular weight is 434 g/mol. The number of pyridine rings is 1. The number of hydrogen-bond acceptors (Lipinski definition) is 7. The zero-order valence-corrected chi connectivity index (χ0v) is 18.2. The Kier molecular flexibility index (Phi) is 4.75. The summed E-state index contributed by atoms with van der Waals surface area (Å²) in [6, 6.07) is 9.14. The molecule has 0 amide bonds. The number of nitrogens with zero attached hydrogens (tertiary/aromatic N) is 4. The second-order valence-electron chi connectivity index (χ2n) is 9.14. The average Bonchev–Trinajstić information content (AvgIpc) is 3.42. The largest absolute Gasteiger partial charge is 0.497 e. The SMILES string of the molecule is COc1cccc(Oc2cc3cnc(NN4CC5CCCC5C4)nc3n(C3CC3)c2=O)c1. The van der Waals surface area contributed by atoms with Crippen LogP contribution in [0.25, 0.3) is 11.0 Å². The lowest BCUT2D eigenvalue weighted by molar-refractivity contribution is 0.369. The molecule has 3 aromatic rings. The van der Waals surface area contributed by atoms with Crippen LogP contribution in [0.15, 0.2) is 41.3 Å². The minimum atomic E-state index is -0.164. The van der Waals surface area contributed by atoms with Crippen LogP contribution >= 0.6 is 0 Å². The Balaban J connectivity index is 1.32. The minimum absolute atomic E-state index is 0.160. The quantitative estimate of drug-likeness (QED) is 0.630. The van der Waals surface area contributed by atoms with Gasteiger partial charge in [-0.2, -0.15) is 4.98 Å². The van der Waals surface area contributed by atoms with Gasteiger partial charge in [0.05, 0.1) is 7.11 Å². The van der Waals surface area contributed by atoms with Gasteiger partial charge in [-0.05, 0) is 55.7 Å². The van der Waals surface area contributed by atoms with Gasteiger partial charge in [-0.25, -0.2) is 9.99 Å². The third-order valence-electron chi connectivity index (χ3n) is 6.91.